The summed E-state index contributed by atoms with van der Waals surface area (Å²) >= 11 is 0. The summed E-state index contributed by atoms with van der Waals surface area (Å²) in [7, 11) is 0. The molecule has 0 aliphatic heterocycles. The number of hydrogen-bond donors (Lipinski definition) is 1. The van der Waals surface area contributed by atoms with Crippen LogP contribution in [0.25, 0.3) is 0 Å². The molecule has 2 rings (SSSR count). The van der Waals surface area contributed by atoms with E-state index in [-0.39, 0.29) is 11.6 Å². The van der Waals surface area contributed by atoms with Crippen LogP contribution >= 0.6 is 0 Å². The standard InChI is InChI=1S/C17H27NO/c1-4-19-17(10-6-5-7-11-17)16(18)15-9-8-13(2)12-14(15)3/h8-9,12,16H,4-7,10-11,18H2,1-3H3. The van der Waals surface area contributed by atoms with Crippen molar-refractivity contribution in [3.8, 4) is 0 Å². The van der Waals surface area contributed by atoms with Gasteiger partial charge in [-0.15, -0.1) is 0 Å². The molecule has 0 heterocycles. The van der Waals surface area contributed by atoms with E-state index in [0.717, 1.165) is 19.4 Å². The Balaban J connectivity index is 2.30. The molecule has 1 unspecified atom stereocenters. The number of nitrogens with two attached hydrogens (primary N) is 1. The largest absolute Gasteiger partial charge is 0.373 e. The predicted octanol–water partition coefficient (Wildman–Crippen LogP) is 4.04. The molecule has 1 aliphatic carbocycles. The Bertz CT molecular complexity index is 416. The van der Waals surface area contributed by atoms with Crippen molar-refractivity contribution in [2.75, 3.05) is 6.61 Å². The molecule has 0 spiro atoms. The van der Waals surface area contributed by atoms with Crippen LogP contribution in [0.4, 0.5) is 0 Å². The van der Waals surface area contributed by atoms with Crippen molar-refractivity contribution < 1.29 is 4.74 Å². The van der Waals surface area contributed by atoms with Gasteiger partial charge in [0.1, 0.15) is 0 Å². The van der Waals surface area contributed by atoms with Crippen LogP contribution in [0, 0.1) is 13.8 Å². The number of benzene rings is 1. The maximum Gasteiger partial charge on any atom is 0.0874 e. The zero-order valence-electron chi connectivity index (χ0n) is 12.5. The van der Waals surface area contributed by atoms with Crippen LogP contribution < -0.4 is 5.73 Å². The summed E-state index contributed by atoms with van der Waals surface area (Å²) < 4.78 is 6.15. The highest BCUT2D eigenvalue weighted by Crippen LogP contribution is 2.41. The molecular weight excluding hydrogens is 234 g/mol. The van der Waals surface area contributed by atoms with E-state index < -0.39 is 0 Å². The molecule has 0 aromatic heterocycles. The summed E-state index contributed by atoms with van der Waals surface area (Å²) in [4.78, 5) is 0. The molecule has 2 heteroatoms. The third-order valence-electron chi connectivity index (χ3n) is 4.46. The van der Waals surface area contributed by atoms with E-state index in [1.807, 2.05) is 0 Å². The van der Waals surface area contributed by atoms with Crippen LogP contribution in [-0.2, 0) is 4.74 Å². The average molecular weight is 261 g/mol. The molecule has 19 heavy (non-hydrogen) atoms. The van der Waals surface area contributed by atoms with Gasteiger partial charge in [-0.25, -0.2) is 0 Å². The summed E-state index contributed by atoms with van der Waals surface area (Å²) in [5, 5.41) is 0. The van der Waals surface area contributed by atoms with E-state index in [0.29, 0.717) is 0 Å². The van der Waals surface area contributed by atoms with E-state index in [1.54, 1.807) is 0 Å². The molecule has 0 amide bonds. The van der Waals surface area contributed by atoms with Gasteiger partial charge in [-0.1, -0.05) is 43.0 Å². The van der Waals surface area contributed by atoms with Gasteiger partial charge in [0.25, 0.3) is 0 Å². The van der Waals surface area contributed by atoms with E-state index in [4.69, 9.17) is 10.5 Å². The van der Waals surface area contributed by atoms with Gasteiger partial charge in [0, 0.05) is 6.61 Å². The van der Waals surface area contributed by atoms with Gasteiger partial charge in [0.05, 0.1) is 11.6 Å². The van der Waals surface area contributed by atoms with Gasteiger partial charge in [0.15, 0.2) is 0 Å². The molecular formula is C17H27NO. The molecule has 2 N–H and O–H groups in total. The molecule has 0 radical (unpaired) electrons. The lowest BCUT2D eigenvalue weighted by Gasteiger charge is -2.42. The minimum atomic E-state index is -0.146. The quantitative estimate of drug-likeness (QED) is 0.887. The molecule has 0 bridgehead atoms. The fourth-order valence-electron chi connectivity index (χ4n) is 3.44. The Morgan fingerprint density at radius 3 is 2.47 bits per heavy atom. The van der Waals surface area contributed by atoms with Crippen molar-refractivity contribution >= 4 is 0 Å². The molecule has 2 nitrogen and oxygen atoms in total. The summed E-state index contributed by atoms with van der Waals surface area (Å²) in [5.41, 5.74) is 10.3. The Morgan fingerprint density at radius 2 is 1.89 bits per heavy atom. The van der Waals surface area contributed by atoms with Crippen molar-refractivity contribution in [2.24, 2.45) is 5.73 Å². The van der Waals surface area contributed by atoms with Crippen LogP contribution in [0.15, 0.2) is 18.2 Å². The molecule has 0 saturated heterocycles. The van der Waals surface area contributed by atoms with E-state index in [1.165, 1.54) is 36.0 Å². The van der Waals surface area contributed by atoms with Crippen molar-refractivity contribution in [1.29, 1.82) is 0 Å². The first-order chi connectivity index (χ1) is 9.09. The van der Waals surface area contributed by atoms with E-state index >= 15 is 0 Å². The second-order valence-electron chi connectivity index (χ2n) is 5.90. The lowest BCUT2D eigenvalue weighted by atomic mass is 9.76. The van der Waals surface area contributed by atoms with Crippen molar-refractivity contribution in [3.05, 3.63) is 34.9 Å². The molecule has 1 aliphatic rings. The second kappa shape index (κ2) is 6.06. The fraction of sp³-hybridized carbons (Fsp3) is 0.647. The van der Waals surface area contributed by atoms with Crippen LogP contribution in [-0.4, -0.2) is 12.2 Å². The summed E-state index contributed by atoms with van der Waals surface area (Å²) in [6.45, 7) is 7.11. The molecule has 1 atom stereocenters. The van der Waals surface area contributed by atoms with Gasteiger partial charge < -0.3 is 10.5 Å². The van der Waals surface area contributed by atoms with Gasteiger partial charge >= 0.3 is 0 Å². The molecule has 1 aromatic carbocycles. The maximum atomic E-state index is 6.62. The highest BCUT2D eigenvalue weighted by atomic mass is 16.5. The van der Waals surface area contributed by atoms with Crippen molar-refractivity contribution in [1.82, 2.24) is 0 Å². The number of rotatable bonds is 4. The highest BCUT2D eigenvalue weighted by Gasteiger charge is 2.39. The normalized spacial score (nSPS) is 20.2. The first kappa shape index (κ1) is 14.5. The lowest BCUT2D eigenvalue weighted by molar-refractivity contribution is -0.0831. The summed E-state index contributed by atoms with van der Waals surface area (Å²) in [5.74, 6) is 0. The Morgan fingerprint density at radius 1 is 1.21 bits per heavy atom. The highest BCUT2D eigenvalue weighted by molar-refractivity contribution is 5.34. The zero-order chi connectivity index (χ0) is 13.9. The van der Waals surface area contributed by atoms with Gasteiger partial charge in [-0.05, 0) is 44.7 Å². The van der Waals surface area contributed by atoms with Gasteiger partial charge in [-0.2, -0.15) is 0 Å². The van der Waals surface area contributed by atoms with Gasteiger partial charge in [0.2, 0.25) is 0 Å². The predicted molar refractivity (Wildman–Crippen MR) is 80.3 cm³/mol. The maximum absolute atomic E-state index is 6.62. The topological polar surface area (TPSA) is 35.2 Å². The first-order valence-electron chi connectivity index (χ1n) is 7.56. The fourth-order valence-corrected chi connectivity index (χ4v) is 3.44. The number of ether oxygens (including phenoxy) is 1. The zero-order valence-corrected chi connectivity index (χ0v) is 12.5. The minimum Gasteiger partial charge on any atom is -0.373 e. The minimum absolute atomic E-state index is 0.00616. The van der Waals surface area contributed by atoms with Crippen LogP contribution in [0.3, 0.4) is 0 Å². The third-order valence-corrected chi connectivity index (χ3v) is 4.46. The summed E-state index contributed by atoms with van der Waals surface area (Å²) in [6.07, 6.45) is 5.97. The second-order valence-corrected chi connectivity index (χ2v) is 5.90. The summed E-state index contributed by atoms with van der Waals surface area (Å²) in [6, 6.07) is 6.56. The monoisotopic (exact) mass is 261 g/mol. The lowest BCUT2D eigenvalue weighted by Crippen LogP contribution is -2.45. The average Bonchev–Trinajstić information content (AvgIpc) is 2.39. The van der Waals surface area contributed by atoms with E-state index in [2.05, 4.69) is 39.0 Å². The number of aryl methyl sites for hydroxylation is 2. The molecule has 106 valence electrons. The Hall–Kier alpha value is -0.860. The third kappa shape index (κ3) is 3.01. The SMILES string of the molecule is CCOC1(C(N)c2ccc(C)cc2C)CCCCC1. The smallest absolute Gasteiger partial charge is 0.0874 e. The van der Waals surface area contributed by atoms with Crippen LogP contribution in [0.5, 0.6) is 0 Å². The Kier molecular flexibility index (Phi) is 4.64. The van der Waals surface area contributed by atoms with Crippen LogP contribution in [0.2, 0.25) is 0 Å². The van der Waals surface area contributed by atoms with Crippen molar-refractivity contribution in [2.45, 2.75) is 64.5 Å². The Labute approximate surface area is 117 Å². The van der Waals surface area contributed by atoms with Gasteiger partial charge in [-0.3, -0.25) is 0 Å². The molecule has 1 fully saturated rings. The molecule has 1 saturated carbocycles. The number of hydrogen-bond acceptors (Lipinski definition) is 2. The first-order valence-corrected chi connectivity index (χ1v) is 7.56. The van der Waals surface area contributed by atoms with E-state index in [9.17, 15) is 0 Å². The molecule has 1 aromatic rings. The van der Waals surface area contributed by atoms with Crippen LogP contribution in [0.1, 0.15) is 61.8 Å². The van der Waals surface area contributed by atoms with Crippen molar-refractivity contribution in [3.63, 3.8) is 0 Å².